The Morgan fingerprint density at radius 2 is 2.05 bits per heavy atom. The van der Waals surface area contributed by atoms with E-state index in [9.17, 15) is 13.2 Å². The normalized spacial score (nSPS) is 23.1. The topological polar surface area (TPSA) is 83.5 Å². The SMILES string of the molecule is CCCC1CCC(NS(=O)(=O)c2ccsc2C(=O)O)CC1. The van der Waals surface area contributed by atoms with E-state index in [0.717, 1.165) is 43.4 Å². The van der Waals surface area contributed by atoms with Crippen LogP contribution >= 0.6 is 11.3 Å². The van der Waals surface area contributed by atoms with E-state index < -0.39 is 16.0 Å². The van der Waals surface area contributed by atoms with E-state index in [-0.39, 0.29) is 15.8 Å². The molecule has 0 aromatic carbocycles. The molecule has 7 heteroatoms. The first-order valence-electron chi connectivity index (χ1n) is 7.27. The average molecular weight is 331 g/mol. The Morgan fingerprint density at radius 3 is 2.62 bits per heavy atom. The molecule has 1 aliphatic carbocycles. The maximum absolute atomic E-state index is 12.3. The average Bonchev–Trinajstić information content (AvgIpc) is 2.91. The predicted molar refractivity (Wildman–Crippen MR) is 82.3 cm³/mol. The second kappa shape index (κ2) is 6.89. The van der Waals surface area contributed by atoms with Crippen molar-refractivity contribution in [2.45, 2.75) is 56.4 Å². The summed E-state index contributed by atoms with van der Waals surface area (Å²) in [5.74, 6) is -0.497. The van der Waals surface area contributed by atoms with E-state index in [4.69, 9.17) is 5.11 Å². The molecule has 0 unspecified atom stereocenters. The summed E-state index contributed by atoms with van der Waals surface area (Å²) in [6.07, 6.45) is 6.10. The minimum Gasteiger partial charge on any atom is -0.477 e. The highest BCUT2D eigenvalue weighted by Gasteiger charge is 2.28. The minimum absolute atomic E-state index is 0.0790. The summed E-state index contributed by atoms with van der Waals surface area (Å²) in [7, 11) is -3.74. The van der Waals surface area contributed by atoms with Crippen LogP contribution in [-0.2, 0) is 10.0 Å². The van der Waals surface area contributed by atoms with Crippen LogP contribution in [0.1, 0.15) is 55.1 Å². The van der Waals surface area contributed by atoms with Crippen LogP contribution in [0.15, 0.2) is 16.3 Å². The zero-order valence-corrected chi connectivity index (χ0v) is 13.7. The molecule has 5 nitrogen and oxygen atoms in total. The number of carboxylic acids is 1. The second-order valence-electron chi connectivity index (χ2n) is 5.55. The summed E-state index contributed by atoms with van der Waals surface area (Å²) in [5, 5.41) is 10.5. The molecular weight excluding hydrogens is 310 g/mol. The van der Waals surface area contributed by atoms with Gasteiger partial charge in [-0.05, 0) is 43.0 Å². The number of nitrogens with one attached hydrogen (secondary N) is 1. The van der Waals surface area contributed by atoms with Crippen molar-refractivity contribution in [1.29, 1.82) is 0 Å². The van der Waals surface area contributed by atoms with Crippen molar-refractivity contribution in [2.24, 2.45) is 5.92 Å². The fourth-order valence-corrected chi connectivity index (χ4v) is 5.49. The highest BCUT2D eigenvalue weighted by atomic mass is 32.2. The second-order valence-corrected chi connectivity index (χ2v) is 8.15. The fraction of sp³-hybridized carbons (Fsp3) is 0.643. The first kappa shape index (κ1) is 16.5. The molecule has 1 heterocycles. The third-order valence-corrected chi connectivity index (χ3v) is 6.57. The highest BCUT2D eigenvalue weighted by Crippen LogP contribution is 2.29. The zero-order valence-electron chi connectivity index (χ0n) is 12.0. The number of carboxylic acid groups (broad SMARTS) is 1. The van der Waals surface area contributed by atoms with Gasteiger partial charge in [0.15, 0.2) is 0 Å². The van der Waals surface area contributed by atoms with Crippen LogP contribution in [0.2, 0.25) is 0 Å². The lowest BCUT2D eigenvalue weighted by atomic mass is 9.84. The number of carbonyl (C=O) groups is 1. The van der Waals surface area contributed by atoms with Crippen LogP contribution in [-0.4, -0.2) is 25.5 Å². The van der Waals surface area contributed by atoms with E-state index in [1.165, 1.54) is 17.9 Å². The van der Waals surface area contributed by atoms with Crippen LogP contribution in [0.4, 0.5) is 0 Å². The quantitative estimate of drug-likeness (QED) is 0.839. The molecule has 0 spiro atoms. The van der Waals surface area contributed by atoms with Crippen LogP contribution < -0.4 is 4.72 Å². The summed E-state index contributed by atoms with van der Waals surface area (Å²) < 4.78 is 27.3. The standard InChI is InChI=1S/C14H21NO4S2/c1-2-3-10-4-6-11(7-5-10)15-21(18,19)12-8-9-20-13(12)14(16)17/h8-11,15H,2-7H2,1H3,(H,16,17). The molecule has 1 aromatic rings. The Morgan fingerprint density at radius 1 is 1.38 bits per heavy atom. The molecule has 2 N–H and O–H groups in total. The van der Waals surface area contributed by atoms with Crippen molar-refractivity contribution in [2.75, 3.05) is 0 Å². The van der Waals surface area contributed by atoms with E-state index in [2.05, 4.69) is 11.6 Å². The number of sulfonamides is 1. The maximum Gasteiger partial charge on any atom is 0.347 e. The zero-order chi connectivity index (χ0) is 15.5. The Labute approximate surface area is 129 Å². The molecule has 0 amide bonds. The minimum atomic E-state index is -3.74. The van der Waals surface area contributed by atoms with Crippen molar-refractivity contribution in [3.8, 4) is 0 Å². The predicted octanol–water partition coefficient (Wildman–Crippen LogP) is 3.08. The lowest BCUT2D eigenvalue weighted by Crippen LogP contribution is -2.37. The fourth-order valence-electron chi connectivity index (χ4n) is 2.93. The number of hydrogen-bond donors (Lipinski definition) is 2. The van der Waals surface area contributed by atoms with Crippen molar-refractivity contribution < 1.29 is 18.3 Å². The first-order valence-corrected chi connectivity index (χ1v) is 9.63. The van der Waals surface area contributed by atoms with Gasteiger partial charge < -0.3 is 5.11 Å². The molecule has 1 saturated carbocycles. The van der Waals surface area contributed by atoms with Crippen molar-refractivity contribution >= 4 is 27.3 Å². The molecule has 0 aliphatic heterocycles. The summed E-state index contributed by atoms with van der Waals surface area (Å²) in [5.41, 5.74) is 0. The molecule has 1 aliphatic rings. The Hall–Kier alpha value is -0.920. The largest absolute Gasteiger partial charge is 0.477 e. The third kappa shape index (κ3) is 4.05. The van der Waals surface area contributed by atoms with Crippen molar-refractivity contribution in [1.82, 2.24) is 4.72 Å². The Bertz CT molecular complexity index is 586. The van der Waals surface area contributed by atoms with Gasteiger partial charge in [-0.15, -0.1) is 11.3 Å². The summed E-state index contributed by atoms with van der Waals surface area (Å²) in [6, 6.07) is 1.28. The van der Waals surface area contributed by atoms with Gasteiger partial charge in [0.1, 0.15) is 9.77 Å². The van der Waals surface area contributed by atoms with Gasteiger partial charge in [0.05, 0.1) is 0 Å². The van der Waals surface area contributed by atoms with Crippen molar-refractivity contribution in [3.05, 3.63) is 16.3 Å². The summed E-state index contributed by atoms with van der Waals surface area (Å²) in [6.45, 7) is 2.17. The molecule has 2 rings (SSSR count). The van der Waals surface area contributed by atoms with Gasteiger partial charge in [0.2, 0.25) is 10.0 Å². The van der Waals surface area contributed by atoms with Gasteiger partial charge in [-0.2, -0.15) is 0 Å². The molecule has 1 aromatic heterocycles. The number of rotatable bonds is 6. The van der Waals surface area contributed by atoms with E-state index >= 15 is 0 Å². The molecule has 21 heavy (non-hydrogen) atoms. The molecule has 118 valence electrons. The summed E-state index contributed by atoms with van der Waals surface area (Å²) in [4.78, 5) is 10.8. The Balaban J connectivity index is 2.02. The molecule has 0 saturated heterocycles. The first-order chi connectivity index (χ1) is 9.94. The maximum atomic E-state index is 12.3. The summed E-state index contributed by atoms with van der Waals surface area (Å²) >= 11 is 0.935. The van der Waals surface area contributed by atoms with Gasteiger partial charge in [0, 0.05) is 6.04 Å². The smallest absolute Gasteiger partial charge is 0.347 e. The lowest BCUT2D eigenvalue weighted by molar-refractivity contribution is 0.0698. The molecule has 1 fully saturated rings. The lowest BCUT2D eigenvalue weighted by Gasteiger charge is -2.28. The number of hydrogen-bond acceptors (Lipinski definition) is 4. The number of aromatic carboxylic acids is 1. The van der Waals surface area contributed by atoms with Gasteiger partial charge in [-0.3, -0.25) is 0 Å². The van der Waals surface area contributed by atoms with Crippen LogP contribution in [0.25, 0.3) is 0 Å². The molecule has 0 bridgehead atoms. The van der Waals surface area contributed by atoms with Crippen LogP contribution in [0.5, 0.6) is 0 Å². The van der Waals surface area contributed by atoms with E-state index in [1.807, 2.05) is 0 Å². The highest BCUT2D eigenvalue weighted by molar-refractivity contribution is 7.89. The van der Waals surface area contributed by atoms with Crippen LogP contribution in [0, 0.1) is 5.92 Å². The third-order valence-electron chi connectivity index (χ3n) is 3.98. The molecule has 0 atom stereocenters. The Kier molecular flexibility index (Phi) is 5.40. The van der Waals surface area contributed by atoms with Crippen molar-refractivity contribution in [3.63, 3.8) is 0 Å². The molecule has 0 radical (unpaired) electrons. The van der Waals surface area contributed by atoms with E-state index in [0.29, 0.717) is 5.92 Å². The van der Waals surface area contributed by atoms with E-state index in [1.54, 1.807) is 0 Å². The van der Waals surface area contributed by atoms with Gasteiger partial charge in [0.25, 0.3) is 0 Å². The van der Waals surface area contributed by atoms with Crippen LogP contribution in [0.3, 0.4) is 0 Å². The number of thiophene rings is 1. The van der Waals surface area contributed by atoms with Gasteiger partial charge in [-0.1, -0.05) is 19.8 Å². The molecular formula is C14H21NO4S2. The van der Waals surface area contributed by atoms with Gasteiger partial charge in [-0.25, -0.2) is 17.9 Å². The van der Waals surface area contributed by atoms with Gasteiger partial charge >= 0.3 is 5.97 Å². The monoisotopic (exact) mass is 331 g/mol.